The standard InChI is InChI=1S/C16H21N3O2/c1-18(2)16(21)14-8-5-9-19(14)15(20)12-10-17-13-7-4-3-6-11(12)13/h3-4,6-7,12,14,17H,5,8-10H2,1-2H3. The predicted molar refractivity (Wildman–Crippen MR) is 81.1 cm³/mol. The number of likely N-dealkylation sites (N-methyl/N-ethyl adjacent to an activating group) is 1. The molecule has 112 valence electrons. The fourth-order valence-electron chi connectivity index (χ4n) is 3.29. The van der Waals surface area contributed by atoms with Crippen LogP contribution in [0.3, 0.4) is 0 Å². The number of carbonyl (C=O) groups excluding carboxylic acids is 2. The maximum Gasteiger partial charge on any atom is 0.244 e. The molecule has 0 spiro atoms. The monoisotopic (exact) mass is 287 g/mol. The Kier molecular flexibility index (Phi) is 3.57. The van der Waals surface area contributed by atoms with Crippen LogP contribution < -0.4 is 5.32 Å². The van der Waals surface area contributed by atoms with E-state index in [1.807, 2.05) is 24.3 Å². The average molecular weight is 287 g/mol. The van der Waals surface area contributed by atoms with Crippen LogP contribution in [-0.2, 0) is 9.59 Å². The Morgan fingerprint density at radius 2 is 2.05 bits per heavy atom. The van der Waals surface area contributed by atoms with Gasteiger partial charge in [-0.1, -0.05) is 18.2 Å². The molecule has 1 aromatic carbocycles. The van der Waals surface area contributed by atoms with Crippen LogP contribution >= 0.6 is 0 Å². The summed E-state index contributed by atoms with van der Waals surface area (Å²) in [6.07, 6.45) is 1.67. The molecule has 2 aliphatic rings. The van der Waals surface area contributed by atoms with Gasteiger partial charge in [-0.05, 0) is 24.5 Å². The summed E-state index contributed by atoms with van der Waals surface area (Å²) in [7, 11) is 3.49. The highest BCUT2D eigenvalue weighted by Crippen LogP contribution is 2.34. The molecule has 2 amide bonds. The lowest BCUT2D eigenvalue weighted by molar-refractivity contribution is -0.142. The molecule has 3 rings (SSSR count). The van der Waals surface area contributed by atoms with Crippen LogP contribution in [0.4, 0.5) is 5.69 Å². The molecule has 0 saturated carbocycles. The third-order valence-electron chi connectivity index (χ3n) is 4.39. The molecule has 1 N–H and O–H groups in total. The summed E-state index contributed by atoms with van der Waals surface area (Å²) in [5, 5.41) is 3.28. The van der Waals surface area contributed by atoms with Gasteiger partial charge in [-0.2, -0.15) is 0 Å². The zero-order chi connectivity index (χ0) is 15.0. The molecular weight excluding hydrogens is 266 g/mol. The number of anilines is 1. The van der Waals surface area contributed by atoms with Crippen LogP contribution in [0, 0.1) is 0 Å². The van der Waals surface area contributed by atoms with Crippen molar-refractivity contribution in [2.75, 3.05) is 32.5 Å². The Labute approximate surface area is 124 Å². The molecule has 1 saturated heterocycles. The van der Waals surface area contributed by atoms with Gasteiger partial charge in [0.2, 0.25) is 11.8 Å². The number of amides is 2. The molecule has 2 unspecified atom stereocenters. The van der Waals surface area contributed by atoms with Crippen LogP contribution in [0.25, 0.3) is 0 Å². The molecule has 21 heavy (non-hydrogen) atoms. The number of carbonyl (C=O) groups is 2. The first-order valence-electron chi connectivity index (χ1n) is 7.44. The number of nitrogens with zero attached hydrogens (tertiary/aromatic N) is 2. The van der Waals surface area contributed by atoms with Crippen molar-refractivity contribution in [1.29, 1.82) is 0 Å². The van der Waals surface area contributed by atoms with Crippen LogP contribution in [-0.4, -0.2) is 54.8 Å². The molecule has 2 aliphatic heterocycles. The van der Waals surface area contributed by atoms with E-state index in [1.54, 1.807) is 23.9 Å². The van der Waals surface area contributed by atoms with Crippen LogP contribution in [0.5, 0.6) is 0 Å². The normalized spacial score (nSPS) is 23.6. The summed E-state index contributed by atoms with van der Waals surface area (Å²) in [4.78, 5) is 28.5. The molecule has 0 aromatic heterocycles. The smallest absolute Gasteiger partial charge is 0.244 e. The zero-order valence-electron chi connectivity index (χ0n) is 12.5. The second kappa shape index (κ2) is 5.39. The van der Waals surface area contributed by atoms with E-state index in [9.17, 15) is 9.59 Å². The minimum atomic E-state index is -0.291. The number of para-hydroxylation sites is 1. The summed E-state index contributed by atoms with van der Waals surface area (Å²) in [6, 6.07) is 7.62. The van der Waals surface area contributed by atoms with E-state index in [-0.39, 0.29) is 23.8 Å². The van der Waals surface area contributed by atoms with Gasteiger partial charge < -0.3 is 15.1 Å². The van der Waals surface area contributed by atoms with Gasteiger partial charge in [-0.25, -0.2) is 0 Å². The van der Waals surface area contributed by atoms with Crippen molar-refractivity contribution in [2.24, 2.45) is 0 Å². The zero-order valence-corrected chi connectivity index (χ0v) is 12.5. The predicted octanol–water partition coefficient (Wildman–Crippen LogP) is 1.27. The van der Waals surface area contributed by atoms with Gasteiger partial charge in [0.15, 0.2) is 0 Å². The average Bonchev–Trinajstić information content (AvgIpc) is 3.12. The lowest BCUT2D eigenvalue weighted by Gasteiger charge is -2.28. The maximum absolute atomic E-state index is 12.9. The molecule has 1 aromatic rings. The number of nitrogens with one attached hydrogen (secondary N) is 1. The molecular formula is C16H21N3O2. The van der Waals surface area contributed by atoms with E-state index in [1.165, 1.54) is 0 Å². The molecule has 0 aliphatic carbocycles. The number of benzene rings is 1. The third-order valence-corrected chi connectivity index (χ3v) is 4.39. The largest absolute Gasteiger partial charge is 0.384 e. The first-order valence-corrected chi connectivity index (χ1v) is 7.44. The minimum Gasteiger partial charge on any atom is -0.384 e. The molecule has 5 heteroatoms. The summed E-state index contributed by atoms with van der Waals surface area (Å²) in [5.74, 6) is -0.0676. The summed E-state index contributed by atoms with van der Waals surface area (Å²) < 4.78 is 0. The van der Waals surface area contributed by atoms with Crippen LogP contribution in [0.1, 0.15) is 24.3 Å². The van der Waals surface area contributed by atoms with Gasteiger partial charge in [-0.15, -0.1) is 0 Å². The van der Waals surface area contributed by atoms with E-state index in [0.717, 1.165) is 24.1 Å². The Bertz CT molecular complexity index is 570. The second-order valence-electron chi connectivity index (χ2n) is 5.94. The van der Waals surface area contributed by atoms with E-state index in [2.05, 4.69) is 5.32 Å². The van der Waals surface area contributed by atoms with E-state index >= 15 is 0 Å². The first-order chi connectivity index (χ1) is 10.1. The fraction of sp³-hybridized carbons (Fsp3) is 0.500. The van der Waals surface area contributed by atoms with Crippen molar-refractivity contribution in [3.8, 4) is 0 Å². The second-order valence-corrected chi connectivity index (χ2v) is 5.94. The minimum absolute atomic E-state index is 0.0279. The molecule has 0 bridgehead atoms. The van der Waals surface area contributed by atoms with Gasteiger partial charge in [0, 0.05) is 32.9 Å². The van der Waals surface area contributed by atoms with Gasteiger partial charge in [0.1, 0.15) is 6.04 Å². The number of likely N-dealkylation sites (tertiary alicyclic amines) is 1. The first kappa shape index (κ1) is 13.9. The quantitative estimate of drug-likeness (QED) is 0.891. The highest BCUT2D eigenvalue weighted by Gasteiger charge is 2.39. The summed E-state index contributed by atoms with van der Waals surface area (Å²) in [6.45, 7) is 1.30. The number of rotatable bonds is 2. The highest BCUT2D eigenvalue weighted by molar-refractivity contribution is 5.93. The van der Waals surface area contributed by atoms with Crippen molar-refractivity contribution < 1.29 is 9.59 Å². The highest BCUT2D eigenvalue weighted by atomic mass is 16.2. The van der Waals surface area contributed by atoms with Gasteiger partial charge in [0.05, 0.1) is 5.92 Å². The van der Waals surface area contributed by atoms with Crippen molar-refractivity contribution in [3.05, 3.63) is 29.8 Å². The van der Waals surface area contributed by atoms with E-state index in [0.29, 0.717) is 13.1 Å². The number of hydrogen-bond donors (Lipinski definition) is 1. The number of hydrogen-bond acceptors (Lipinski definition) is 3. The summed E-state index contributed by atoms with van der Waals surface area (Å²) in [5.41, 5.74) is 2.08. The van der Waals surface area contributed by atoms with Crippen molar-refractivity contribution in [3.63, 3.8) is 0 Å². The van der Waals surface area contributed by atoms with E-state index < -0.39 is 0 Å². The van der Waals surface area contributed by atoms with Crippen molar-refractivity contribution in [2.45, 2.75) is 24.8 Å². The van der Waals surface area contributed by atoms with Crippen molar-refractivity contribution >= 4 is 17.5 Å². The molecule has 0 radical (unpaired) electrons. The van der Waals surface area contributed by atoms with Gasteiger partial charge >= 0.3 is 0 Å². The molecule has 5 nitrogen and oxygen atoms in total. The van der Waals surface area contributed by atoms with E-state index in [4.69, 9.17) is 0 Å². The Morgan fingerprint density at radius 1 is 1.29 bits per heavy atom. The van der Waals surface area contributed by atoms with Crippen LogP contribution in [0.2, 0.25) is 0 Å². The van der Waals surface area contributed by atoms with Crippen molar-refractivity contribution in [1.82, 2.24) is 9.80 Å². The third kappa shape index (κ3) is 2.37. The Balaban J connectivity index is 1.81. The Morgan fingerprint density at radius 3 is 2.81 bits per heavy atom. The van der Waals surface area contributed by atoms with Gasteiger partial charge in [-0.3, -0.25) is 9.59 Å². The SMILES string of the molecule is CN(C)C(=O)C1CCCN1C(=O)C1CNc2ccccc21. The molecule has 2 atom stereocenters. The number of fused-ring (bicyclic) bond motifs is 1. The van der Waals surface area contributed by atoms with Crippen LogP contribution in [0.15, 0.2) is 24.3 Å². The molecule has 1 fully saturated rings. The molecule has 2 heterocycles. The fourth-order valence-corrected chi connectivity index (χ4v) is 3.29. The lowest BCUT2D eigenvalue weighted by Crippen LogP contribution is -2.47. The maximum atomic E-state index is 12.9. The Hall–Kier alpha value is -2.04. The summed E-state index contributed by atoms with van der Waals surface area (Å²) >= 11 is 0. The topological polar surface area (TPSA) is 52.7 Å². The lowest BCUT2D eigenvalue weighted by atomic mass is 9.99. The van der Waals surface area contributed by atoms with Gasteiger partial charge in [0.25, 0.3) is 0 Å².